The van der Waals surface area contributed by atoms with E-state index in [1.165, 1.54) is 0 Å². The topological polar surface area (TPSA) is 234 Å². The quantitative estimate of drug-likeness (QED) is 0.102. The molecule has 4 fully saturated rings. The third kappa shape index (κ3) is 9.24. The fourth-order valence-electron chi connectivity index (χ4n) is 7.59. The normalized spacial score (nSPS) is 40.3. The van der Waals surface area contributed by atoms with E-state index in [9.17, 15) is 10.2 Å². The van der Waals surface area contributed by atoms with Gasteiger partial charge in [-0.2, -0.15) is 0 Å². The predicted octanol–water partition coefficient (Wildman–Crippen LogP) is -2.75. The molecule has 0 radical (unpaired) electrons. The Bertz CT molecular complexity index is 1430. The van der Waals surface area contributed by atoms with Crippen molar-refractivity contribution in [1.82, 2.24) is 0 Å². The van der Waals surface area contributed by atoms with Crippen LogP contribution in [0.2, 0.25) is 0 Å². The van der Waals surface area contributed by atoms with Crippen LogP contribution >= 0.6 is 0 Å². The Kier molecular flexibility index (Phi) is 14.2. The summed E-state index contributed by atoms with van der Waals surface area (Å²) in [6.45, 7) is 8.61. The van der Waals surface area contributed by atoms with E-state index < -0.39 is 86.0 Å². The van der Waals surface area contributed by atoms with Crippen LogP contribution in [0.5, 0.6) is 0 Å². The second kappa shape index (κ2) is 18.8. The molecule has 0 spiro atoms. The van der Waals surface area contributed by atoms with Crippen LogP contribution in [-0.4, -0.2) is 128 Å². The van der Waals surface area contributed by atoms with Gasteiger partial charge in [0.05, 0.1) is 32.8 Å². The minimum absolute atomic E-state index is 0.103. The Morgan fingerprint density at radius 2 is 1.32 bits per heavy atom. The van der Waals surface area contributed by atoms with Crippen molar-refractivity contribution >= 4 is 0 Å². The number of benzene rings is 2. The molecular weight excluding hydrogens is 688 g/mol. The highest BCUT2D eigenvalue weighted by molar-refractivity contribution is 5.17. The molecule has 292 valence electrons. The highest BCUT2D eigenvalue weighted by Crippen LogP contribution is 2.37. The maximum Gasteiger partial charge on any atom is 0.191 e. The second-order valence-corrected chi connectivity index (χ2v) is 14.1. The molecule has 1 saturated carbocycles. The van der Waals surface area contributed by atoms with Crippen molar-refractivity contribution < 1.29 is 75.8 Å². The summed E-state index contributed by atoms with van der Waals surface area (Å²) < 4.78 is 57.9. The zero-order valence-electron chi connectivity index (χ0n) is 30.2. The summed E-state index contributed by atoms with van der Waals surface area (Å²) in [5.74, 6) is 0. The summed E-state index contributed by atoms with van der Waals surface area (Å²) in [4.78, 5) is 0. The standard InChI is InChI=1S/C38H54N4O11/c1-3-15-45-34-29(44)28(43)25(18-39)49-38(34)52-31-24(41)17-23(40)30(35(31)46-16-4-2)51-37-33(47-19-21-11-7-5-8-12-21)27(42)32-26(50-37)20-48-36(53-32)22-13-9-6-10-14-22/h3-14,23-38,43-44H,1-2,15-20,39-42H2/p+4/t23-,24+,25-,26-,27+,28-,29+,30+,31-,32-,33-,34-,35-,36?,37-,38-/m1/s1. The zero-order valence-corrected chi connectivity index (χ0v) is 30.2. The lowest BCUT2D eigenvalue weighted by Gasteiger charge is -2.49. The Hall–Kier alpha value is -2.68. The number of aliphatic hydroxyl groups excluding tert-OH is 2. The first-order valence-electron chi connectivity index (χ1n) is 18.4. The first kappa shape index (κ1) is 40.0. The van der Waals surface area contributed by atoms with E-state index in [0.717, 1.165) is 11.1 Å². The molecule has 0 aromatic heterocycles. The van der Waals surface area contributed by atoms with Gasteiger partial charge in [0.1, 0.15) is 79.6 Å². The number of fused-ring (bicyclic) bond motifs is 1. The van der Waals surface area contributed by atoms with Gasteiger partial charge in [-0.25, -0.2) is 0 Å². The van der Waals surface area contributed by atoms with Gasteiger partial charge in [0.15, 0.2) is 25.0 Å². The molecule has 1 aliphatic carbocycles. The van der Waals surface area contributed by atoms with Crippen molar-refractivity contribution in [1.29, 1.82) is 0 Å². The molecular formula is C38H58N4O11+4. The Labute approximate surface area is 310 Å². The average molecular weight is 747 g/mol. The number of hydrogen-bond donors (Lipinski definition) is 6. The largest absolute Gasteiger partial charge is 0.387 e. The van der Waals surface area contributed by atoms with E-state index in [0.29, 0.717) is 13.0 Å². The number of ether oxygens (including phenoxy) is 9. The van der Waals surface area contributed by atoms with Gasteiger partial charge in [-0.3, -0.25) is 0 Å². The number of quaternary nitrogens is 4. The molecule has 3 heterocycles. The molecule has 53 heavy (non-hydrogen) atoms. The first-order valence-corrected chi connectivity index (χ1v) is 18.4. The number of rotatable bonds is 15. The highest BCUT2D eigenvalue weighted by atomic mass is 16.8. The lowest BCUT2D eigenvalue weighted by Crippen LogP contribution is -2.84. The van der Waals surface area contributed by atoms with E-state index in [4.69, 9.17) is 42.6 Å². The Morgan fingerprint density at radius 1 is 0.717 bits per heavy atom. The van der Waals surface area contributed by atoms with Crippen LogP contribution in [-0.2, 0) is 49.2 Å². The molecule has 15 nitrogen and oxygen atoms in total. The van der Waals surface area contributed by atoms with Gasteiger partial charge in [0.2, 0.25) is 0 Å². The molecule has 16 atom stereocenters. The molecule has 3 saturated heterocycles. The summed E-state index contributed by atoms with van der Waals surface area (Å²) >= 11 is 0. The third-order valence-electron chi connectivity index (χ3n) is 10.3. The molecule has 6 rings (SSSR count). The Morgan fingerprint density at radius 3 is 1.94 bits per heavy atom. The first-order chi connectivity index (χ1) is 25.7. The van der Waals surface area contributed by atoms with E-state index in [2.05, 4.69) is 36.1 Å². The molecule has 0 amide bonds. The summed E-state index contributed by atoms with van der Waals surface area (Å²) in [6.07, 6.45) is -6.90. The minimum Gasteiger partial charge on any atom is -0.387 e. The Balaban J connectivity index is 1.26. The molecule has 1 unspecified atom stereocenters. The van der Waals surface area contributed by atoms with Gasteiger partial charge in [0, 0.05) is 5.56 Å². The van der Waals surface area contributed by atoms with Crippen LogP contribution in [0.25, 0.3) is 0 Å². The van der Waals surface area contributed by atoms with Crippen LogP contribution in [0.15, 0.2) is 86.0 Å². The molecule has 15 heteroatoms. The summed E-state index contributed by atoms with van der Waals surface area (Å²) in [6, 6.07) is 18.6. The van der Waals surface area contributed by atoms with Gasteiger partial charge >= 0.3 is 0 Å². The van der Waals surface area contributed by atoms with Crippen LogP contribution < -0.4 is 22.9 Å². The SMILES string of the molecule is C=CCO[C@@H]1[C@@H](O[C@H]2O[C@@H]3COC(c4ccccc4)O[C@H]3[C@H]([NH3+])[C@H]2OCc2ccccc2)[C@H]([NH3+])C[C@H]([NH3+])[C@H]1O[C@H]1O[C@H](C[NH3+])[C@@H](O)[C@H](O)[C@H]1OCC=C. The van der Waals surface area contributed by atoms with Gasteiger partial charge in [-0.15, -0.1) is 13.2 Å². The molecule has 3 aliphatic heterocycles. The van der Waals surface area contributed by atoms with Crippen LogP contribution in [0.4, 0.5) is 0 Å². The van der Waals surface area contributed by atoms with Gasteiger partial charge in [0.25, 0.3) is 0 Å². The lowest BCUT2D eigenvalue weighted by atomic mass is 9.84. The van der Waals surface area contributed by atoms with Gasteiger partial charge < -0.3 is 75.8 Å². The van der Waals surface area contributed by atoms with E-state index in [1.807, 2.05) is 60.7 Å². The zero-order chi connectivity index (χ0) is 37.5. The van der Waals surface area contributed by atoms with Crippen molar-refractivity contribution in [2.24, 2.45) is 0 Å². The van der Waals surface area contributed by atoms with E-state index in [1.54, 1.807) is 12.2 Å². The number of aliphatic hydroxyl groups is 2. The van der Waals surface area contributed by atoms with Crippen molar-refractivity contribution in [2.75, 3.05) is 26.4 Å². The monoisotopic (exact) mass is 746 g/mol. The van der Waals surface area contributed by atoms with Crippen LogP contribution in [0, 0.1) is 0 Å². The third-order valence-corrected chi connectivity index (χ3v) is 10.3. The molecule has 14 N–H and O–H groups in total. The second-order valence-electron chi connectivity index (χ2n) is 14.1. The minimum atomic E-state index is -1.30. The smallest absolute Gasteiger partial charge is 0.191 e. The predicted molar refractivity (Wildman–Crippen MR) is 186 cm³/mol. The highest BCUT2D eigenvalue weighted by Gasteiger charge is 2.57. The van der Waals surface area contributed by atoms with E-state index in [-0.39, 0.29) is 38.4 Å². The van der Waals surface area contributed by atoms with Crippen LogP contribution in [0.3, 0.4) is 0 Å². The maximum absolute atomic E-state index is 11.1. The fourth-order valence-corrected chi connectivity index (χ4v) is 7.59. The molecule has 2 aromatic carbocycles. The van der Waals surface area contributed by atoms with Crippen LogP contribution in [0.1, 0.15) is 23.8 Å². The number of hydrogen-bond acceptors (Lipinski definition) is 11. The van der Waals surface area contributed by atoms with Gasteiger partial charge in [-0.1, -0.05) is 72.8 Å². The van der Waals surface area contributed by atoms with Crippen molar-refractivity contribution in [3.8, 4) is 0 Å². The van der Waals surface area contributed by atoms with Gasteiger partial charge in [-0.05, 0) is 5.56 Å². The average Bonchev–Trinajstić information content (AvgIpc) is 3.17. The van der Waals surface area contributed by atoms with Crippen molar-refractivity contribution in [2.45, 2.75) is 111 Å². The summed E-state index contributed by atoms with van der Waals surface area (Å²) in [7, 11) is 0. The summed E-state index contributed by atoms with van der Waals surface area (Å²) in [5, 5.41) is 21.8. The van der Waals surface area contributed by atoms with E-state index >= 15 is 0 Å². The fraction of sp³-hybridized carbons (Fsp3) is 0.579. The van der Waals surface area contributed by atoms with Crippen molar-refractivity contribution in [3.63, 3.8) is 0 Å². The van der Waals surface area contributed by atoms with Crippen molar-refractivity contribution in [3.05, 3.63) is 97.1 Å². The maximum atomic E-state index is 11.1. The lowest BCUT2D eigenvalue weighted by molar-refractivity contribution is -0.532. The molecule has 0 bridgehead atoms. The molecule has 2 aromatic rings. The summed E-state index contributed by atoms with van der Waals surface area (Å²) in [5.41, 5.74) is 19.2. The molecule has 4 aliphatic rings.